The first kappa shape index (κ1) is 15.7. The largest absolute Gasteiger partial charge is 0.478 e. The number of para-hydroxylation sites is 1. The smallest absolute Gasteiger partial charge is 0.337 e. The van der Waals surface area contributed by atoms with Gasteiger partial charge in [0.2, 0.25) is 0 Å². The molecule has 2 aromatic heterocycles. The molecular weight excluding hydrogens is 314 g/mol. The molecule has 4 rings (SSSR count). The Morgan fingerprint density at radius 3 is 2.64 bits per heavy atom. The molecule has 1 saturated heterocycles. The summed E-state index contributed by atoms with van der Waals surface area (Å²) in [4.78, 5) is 18.5. The van der Waals surface area contributed by atoms with Gasteiger partial charge in [-0.3, -0.25) is 0 Å². The number of benzene rings is 1. The Morgan fingerprint density at radius 2 is 1.92 bits per heavy atom. The first-order valence-corrected chi connectivity index (χ1v) is 8.73. The molecule has 5 heteroatoms. The number of carbonyl (C=O) groups is 1. The van der Waals surface area contributed by atoms with Crippen LogP contribution in [0.25, 0.3) is 10.9 Å². The van der Waals surface area contributed by atoms with Crippen molar-refractivity contribution in [1.82, 2.24) is 9.55 Å². The highest BCUT2D eigenvalue weighted by Gasteiger charge is 2.14. The quantitative estimate of drug-likeness (QED) is 0.788. The Hall–Kier alpha value is -2.82. The van der Waals surface area contributed by atoms with E-state index in [0.29, 0.717) is 12.1 Å². The molecule has 0 spiro atoms. The lowest BCUT2D eigenvalue weighted by molar-refractivity contribution is 0.0698. The van der Waals surface area contributed by atoms with E-state index in [-0.39, 0.29) is 0 Å². The number of nitrogens with zero attached hydrogens (tertiary/aromatic N) is 3. The van der Waals surface area contributed by atoms with Gasteiger partial charge in [-0.2, -0.15) is 0 Å². The molecule has 0 radical (unpaired) electrons. The number of aromatic nitrogens is 2. The molecule has 0 amide bonds. The van der Waals surface area contributed by atoms with Gasteiger partial charge in [0.25, 0.3) is 0 Å². The van der Waals surface area contributed by atoms with Crippen LogP contribution in [0.5, 0.6) is 0 Å². The van der Waals surface area contributed by atoms with Crippen LogP contribution in [-0.4, -0.2) is 33.7 Å². The van der Waals surface area contributed by atoms with Gasteiger partial charge < -0.3 is 14.6 Å². The van der Waals surface area contributed by atoms with Crippen LogP contribution in [0.3, 0.4) is 0 Å². The van der Waals surface area contributed by atoms with Crippen LogP contribution >= 0.6 is 0 Å². The Bertz CT molecular complexity index is 893. The van der Waals surface area contributed by atoms with Crippen LogP contribution in [-0.2, 0) is 6.54 Å². The minimum atomic E-state index is -0.899. The van der Waals surface area contributed by atoms with Gasteiger partial charge in [0.15, 0.2) is 0 Å². The van der Waals surface area contributed by atoms with Gasteiger partial charge in [0.1, 0.15) is 5.82 Å². The van der Waals surface area contributed by atoms with E-state index < -0.39 is 5.97 Å². The van der Waals surface area contributed by atoms with Crippen molar-refractivity contribution in [1.29, 1.82) is 0 Å². The number of carboxylic acids is 1. The molecule has 0 atom stereocenters. The van der Waals surface area contributed by atoms with Crippen LogP contribution in [0.2, 0.25) is 0 Å². The second kappa shape index (κ2) is 6.59. The number of carboxylic acid groups (broad SMARTS) is 1. The van der Waals surface area contributed by atoms with Crippen LogP contribution in [0.15, 0.2) is 48.8 Å². The summed E-state index contributed by atoms with van der Waals surface area (Å²) in [6.45, 7) is 2.77. The number of piperidine rings is 1. The van der Waals surface area contributed by atoms with Gasteiger partial charge in [-0.1, -0.05) is 18.2 Å². The predicted octanol–water partition coefficient (Wildman–Crippen LogP) is 3.77. The average molecular weight is 335 g/mol. The van der Waals surface area contributed by atoms with E-state index in [1.807, 2.05) is 29.1 Å². The Balaban J connectivity index is 1.60. The summed E-state index contributed by atoms with van der Waals surface area (Å²) in [7, 11) is 0. The minimum absolute atomic E-state index is 0.334. The Kier molecular flexibility index (Phi) is 4.14. The van der Waals surface area contributed by atoms with E-state index in [0.717, 1.165) is 35.4 Å². The van der Waals surface area contributed by atoms with Crippen molar-refractivity contribution in [3.05, 3.63) is 59.9 Å². The second-order valence-corrected chi connectivity index (χ2v) is 6.56. The topological polar surface area (TPSA) is 58.4 Å². The highest BCUT2D eigenvalue weighted by Crippen LogP contribution is 2.22. The third kappa shape index (κ3) is 3.09. The van der Waals surface area contributed by atoms with Gasteiger partial charge in [0.05, 0.1) is 11.1 Å². The number of fused-ring (bicyclic) bond motifs is 1. The number of hydrogen-bond acceptors (Lipinski definition) is 3. The fourth-order valence-electron chi connectivity index (χ4n) is 3.58. The maximum absolute atomic E-state index is 11.5. The zero-order valence-corrected chi connectivity index (χ0v) is 14.1. The molecule has 25 heavy (non-hydrogen) atoms. The minimum Gasteiger partial charge on any atom is -0.478 e. The SMILES string of the molecule is O=C(O)c1cccc2ccn(Cc3ccc(N4CCCCC4)nc3)c12. The fourth-order valence-corrected chi connectivity index (χ4v) is 3.58. The van der Waals surface area contributed by atoms with Crippen LogP contribution in [0, 0.1) is 0 Å². The summed E-state index contributed by atoms with van der Waals surface area (Å²) in [6.07, 6.45) is 7.61. The standard InChI is InChI=1S/C20H21N3O2/c24-20(25)17-6-4-5-16-9-12-23(19(16)17)14-15-7-8-18(21-13-15)22-10-2-1-3-11-22/h4-9,12-13H,1-3,10-11,14H2,(H,24,25). The summed E-state index contributed by atoms with van der Waals surface area (Å²) in [5.41, 5.74) is 2.16. The molecule has 0 bridgehead atoms. The van der Waals surface area contributed by atoms with Crippen molar-refractivity contribution in [2.24, 2.45) is 0 Å². The van der Waals surface area contributed by atoms with Crippen molar-refractivity contribution >= 4 is 22.7 Å². The third-order valence-electron chi connectivity index (χ3n) is 4.86. The van der Waals surface area contributed by atoms with Crippen molar-refractivity contribution in [2.75, 3.05) is 18.0 Å². The van der Waals surface area contributed by atoms with Gasteiger partial charge >= 0.3 is 5.97 Å². The molecule has 128 valence electrons. The molecule has 1 aliphatic rings. The van der Waals surface area contributed by atoms with Crippen molar-refractivity contribution in [3.63, 3.8) is 0 Å². The molecular formula is C20H21N3O2. The lowest BCUT2D eigenvalue weighted by Gasteiger charge is -2.27. The van der Waals surface area contributed by atoms with Crippen LogP contribution < -0.4 is 4.90 Å². The van der Waals surface area contributed by atoms with E-state index in [1.54, 1.807) is 12.1 Å². The lowest BCUT2D eigenvalue weighted by Crippen LogP contribution is -2.30. The molecule has 5 nitrogen and oxygen atoms in total. The molecule has 1 aromatic carbocycles. The van der Waals surface area contributed by atoms with Crippen molar-refractivity contribution < 1.29 is 9.90 Å². The normalized spacial score (nSPS) is 14.8. The zero-order valence-electron chi connectivity index (χ0n) is 14.1. The third-order valence-corrected chi connectivity index (χ3v) is 4.86. The summed E-state index contributed by atoms with van der Waals surface area (Å²) >= 11 is 0. The van der Waals surface area contributed by atoms with E-state index in [9.17, 15) is 9.90 Å². The van der Waals surface area contributed by atoms with Gasteiger partial charge in [-0.25, -0.2) is 9.78 Å². The van der Waals surface area contributed by atoms with E-state index in [2.05, 4.69) is 22.0 Å². The highest BCUT2D eigenvalue weighted by atomic mass is 16.4. The lowest BCUT2D eigenvalue weighted by atomic mass is 10.1. The van der Waals surface area contributed by atoms with Gasteiger partial charge in [-0.15, -0.1) is 0 Å². The molecule has 0 aliphatic carbocycles. The van der Waals surface area contributed by atoms with Gasteiger partial charge in [-0.05, 0) is 43.0 Å². The van der Waals surface area contributed by atoms with Crippen LogP contribution in [0.4, 0.5) is 5.82 Å². The Labute approximate surface area is 146 Å². The average Bonchev–Trinajstić information content (AvgIpc) is 3.06. The second-order valence-electron chi connectivity index (χ2n) is 6.56. The molecule has 0 saturated carbocycles. The number of aromatic carboxylic acids is 1. The predicted molar refractivity (Wildman–Crippen MR) is 98.3 cm³/mol. The molecule has 1 aliphatic heterocycles. The number of anilines is 1. The van der Waals surface area contributed by atoms with Crippen molar-refractivity contribution in [3.8, 4) is 0 Å². The number of pyridine rings is 1. The van der Waals surface area contributed by atoms with E-state index in [4.69, 9.17) is 0 Å². The molecule has 3 heterocycles. The maximum Gasteiger partial charge on any atom is 0.337 e. The maximum atomic E-state index is 11.5. The van der Waals surface area contributed by atoms with Crippen molar-refractivity contribution in [2.45, 2.75) is 25.8 Å². The van der Waals surface area contributed by atoms with Gasteiger partial charge in [0, 0.05) is 37.4 Å². The molecule has 1 N–H and O–H groups in total. The monoisotopic (exact) mass is 335 g/mol. The first-order chi connectivity index (χ1) is 12.2. The Morgan fingerprint density at radius 1 is 1.08 bits per heavy atom. The summed E-state index contributed by atoms with van der Waals surface area (Å²) in [6, 6.07) is 11.5. The van der Waals surface area contributed by atoms with E-state index in [1.165, 1.54) is 19.3 Å². The van der Waals surface area contributed by atoms with E-state index >= 15 is 0 Å². The first-order valence-electron chi connectivity index (χ1n) is 8.73. The highest BCUT2D eigenvalue weighted by molar-refractivity contribution is 6.02. The van der Waals surface area contributed by atoms with Crippen LogP contribution in [0.1, 0.15) is 35.2 Å². The zero-order chi connectivity index (χ0) is 17.2. The molecule has 3 aromatic rings. The molecule has 1 fully saturated rings. The summed E-state index contributed by atoms with van der Waals surface area (Å²) in [5, 5.41) is 10.4. The number of rotatable bonds is 4. The summed E-state index contributed by atoms with van der Waals surface area (Å²) < 4.78 is 1.98. The fraction of sp³-hybridized carbons (Fsp3) is 0.300. The summed E-state index contributed by atoms with van der Waals surface area (Å²) in [5.74, 6) is 0.135. The molecule has 0 unspecified atom stereocenters. The number of hydrogen-bond donors (Lipinski definition) is 1.